The standard InChI is InChI=1S/C16H20N2O2/c1-17-14-8-7-12(10-15(14)20-16(17)19)18-9-3-5-11-4-2-6-13(11)18/h7-8,10-11,13H,2-6,9H2,1H3/t11-,13-/m1/s1. The molecule has 1 aliphatic heterocycles. The fraction of sp³-hybridized carbons (Fsp3) is 0.562. The summed E-state index contributed by atoms with van der Waals surface area (Å²) in [5.74, 6) is 0.580. The lowest BCUT2D eigenvalue weighted by Gasteiger charge is -2.39. The molecule has 4 nitrogen and oxygen atoms in total. The lowest BCUT2D eigenvalue weighted by atomic mass is 9.91. The van der Waals surface area contributed by atoms with Gasteiger partial charge in [0.1, 0.15) is 0 Å². The SMILES string of the molecule is Cn1c(=O)oc2cc(N3CCC[C@H]4CCC[C@H]43)ccc21. The van der Waals surface area contributed by atoms with Gasteiger partial charge in [-0.15, -0.1) is 0 Å². The minimum absolute atomic E-state index is 0.283. The van der Waals surface area contributed by atoms with Gasteiger partial charge in [-0.05, 0) is 43.7 Å². The number of aromatic nitrogens is 1. The predicted molar refractivity (Wildman–Crippen MR) is 79.2 cm³/mol. The van der Waals surface area contributed by atoms with Gasteiger partial charge in [0.2, 0.25) is 0 Å². The number of nitrogens with zero attached hydrogens (tertiary/aromatic N) is 2. The molecule has 2 heterocycles. The van der Waals surface area contributed by atoms with Gasteiger partial charge in [-0.3, -0.25) is 4.57 Å². The minimum Gasteiger partial charge on any atom is -0.408 e. The number of anilines is 1. The fourth-order valence-corrected chi connectivity index (χ4v) is 4.08. The summed E-state index contributed by atoms with van der Waals surface area (Å²) in [6.07, 6.45) is 6.70. The van der Waals surface area contributed by atoms with Crippen LogP contribution in [-0.4, -0.2) is 17.2 Å². The summed E-state index contributed by atoms with van der Waals surface area (Å²) >= 11 is 0. The fourth-order valence-electron chi connectivity index (χ4n) is 4.08. The molecule has 0 N–H and O–H groups in total. The van der Waals surface area contributed by atoms with Crippen LogP contribution in [0.2, 0.25) is 0 Å². The molecule has 0 amide bonds. The first kappa shape index (κ1) is 12.1. The summed E-state index contributed by atoms with van der Waals surface area (Å²) in [6.45, 7) is 1.13. The van der Waals surface area contributed by atoms with Gasteiger partial charge in [-0.2, -0.15) is 0 Å². The molecule has 0 unspecified atom stereocenters. The molecular weight excluding hydrogens is 252 g/mol. The number of hydrogen-bond donors (Lipinski definition) is 0. The van der Waals surface area contributed by atoms with E-state index in [9.17, 15) is 4.79 Å². The van der Waals surface area contributed by atoms with Gasteiger partial charge in [0.15, 0.2) is 5.58 Å². The minimum atomic E-state index is -0.283. The predicted octanol–water partition coefficient (Wildman–Crippen LogP) is 2.90. The molecule has 106 valence electrons. The van der Waals surface area contributed by atoms with Crippen molar-refractivity contribution >= 4 is 16.8 Å². The monoisotopic (exact) mass is 272 g/mol. The lowest BCUT2D eigenvalue weighted by molar-refractivity contribution is 0.362. The maximum atomic E-state index is 11.6. The molecule has 1 saturated heterocycles. The van der Waals surface area contributed by atoms with Gasteiger partial charge in [-0.1, -0.05) is 6.42 Å². The molecular formula is C16H20N2O2. The molecule has 4 rings (SSSR count). The zero-order valence-corrected chi connectivity index (χ0v) is 11.8. The quantitative estimate of drug-likeness (QED) is 0.801. The highest BCUT2D eigenvalue weighted by Gasteiger charge is 2.35. The Kier molecular flexibility index (Phi) is 2.65. The van der Waals surface area contributed by atoms with Crippen LogP contribution in [0, 0.1) is 5.92 Å². The largest absolute Gasteiger partial charge is 0.419 e. The molecule has 0 radical (unpaired) electrons. The zero-order chi connectivity index (χ0) is 13.7. The molecule has 2 fully saturated rings. The van der Waals surface area contributed by atoms with Crippen molar-refractivity contribution in [1.82, 2.24) is 4.57 Å². The van der Waals surface area contributed by atoms with Crippen LogP contribution in [-0.2, 0) is 7.05 Å². The highest BCUT2D eigenvalue weighted by Crippen LogP contribution is 2.39. The van der Waals surface area contributed by atoms with Crippen molar-refractivity contribution in [1.29, 1.82) is 0 Å². The molecule has 1 saturated carbocycles. The molecule has 2 aromatic rings. The van der Waals surface area contributed by atoms with Crippen LogP contribution in [0.1, 0.15) is 32.1 Å². The van der Waals surface area contributed by atoms with E-state index in [4.69, 9.17) is 4.42 Å². The Bertz CT molecular complexity index is 700. The van der Waals surface area contributed by atoms with E-state index >= 15 is 0 Å². The maximum Gasteiger partial charge on any atom is 0.419 e. The van der Waals surface area contributed by atoms with Crippen LogP contribution < -0.4 is 10.7 Å². The number of oxazole rings is 1. The van der Waals surface area contributed by atoms with Crippen LogP contribution in [0.3, 0.4) is 0 Å². The van der Waals surface area contributed by atoms with E-state index in [-0.39, 0.29) is 5.76 Å². The van der Waals surface area contributed by atoms with E-state index < -0.39 is 0 Å². The van der Waals surface area contributed by atoms with E-state index in [1.54, 1.807) is 11.6 Å². The van der Waals surface area contributed by atoms with E-state index in [1.165, 1.54) is 37.8 Å². The number of piperidine rings is 1. The molecule has 0 spiro atoms. The molecule has 0 bridgehead atoms. The Morgan fingerprint density at radius 1 is 1.20 bits per heavy atom. The maximum absolute atomic E-state index is 11.6. The van der Waals surface area contributed by atoms with Crippen molar-refractivity contribution in [2.24, 2.45) is 13.0 Å². The van der Waals surface area contributed by atoms with Crippen LogP contribution in [0.5, 0.6) is 0 Å². The normalized spacial score (nSPS) is 26.1. The second-order valence-electron chi connectivity index (χ2n) is 6.17. The summed E-state index contributed by atoms with van der Waals surface area (Å²) in [6, 6.07) is 6.88. The van der Waals surface area contributed by atoms with E-state index in [0.29, 0.717) is 11.6 Å². The molecule has 4 heteroatoms. The molecule has 1 aliphatic carbocycles. The van der Waals surface area contributed by atoms with Gasteiger partial charge in [-0.25, -0.2) is 4.79 Å². The molecule has 1 aromatic carbocycles. The number of hydrogen-bond acceptors (Lipinski definition) is 3. The van der Waals surface area contributed by atoms with Crippen molar-refractivity contribution in [3.8, 4) is 0 Å². The third-order valence-electron chi connectivity index (χ3n) is 5.10. The smallest absolute Gasteiger partial charge is 0.408 e. The van der Waals surface area contributed by atoms with Gasteiger partial charge in [0, 0.05) is 31.4 Å². The summed E-state index contributed by atoms with van der Waals surface area (Å²) in [4.78, 5) is 14.1. The van der Waals surface area contributed by atoms with Crippen molar-refractivity contribution in [3.05, 3.63) is 28.7 Å². The summed E-state index contributed by atoms with van der Waals surface area (Å²) < 4.78 is 6.89. The first-order valence-corrected chi connectivity index (χ1v) is 7.60. The summed E-state index contributed by atoms with van der Waals surface area (Å²) in [5.41, 5.74) is 2.79. The Hall–Kier alpha value is -1.71. The van der Waals surface area contributed by atoms with E-state index in [0.717, 1.165) is 18.0 Å². The molecule has 1 aromatic heterocycles. The number of rotatable bonds is 1. The molecule has 2 aliphatic rings. The third-order valence-corrected chi connectivity index (χ3v) is 5.10. The van der Waals surface area contributed by atoms with Crippen LogP contribution in [0.15, 0.2) is 27.4 Å². The van der Waals surface area contributed by atoms with Gasteiger partial charge in [0.25, 0.3) is 0 Å². The number of aryl methyl sites for hydroxylation is 1. The van der Waals surface area contributed by atoms with Crippen LogP contribution >= 0.6 is 0 Å². The van der Waals surface area contributed by atoms with E-state index in [1.807, 2.05) is 12.1 Å². The molecule has 20 heavy (non-hydrogen) atoms. The van der Waals surface area contributed by atoms with Crippen LogP contribution in [0.4, 0.5) is 5.69 Å². The van der Waals surface area contributed by atoms with Gasteiger partial charge >= 0.3 is 5.76 Å². The average molecular weight is 272 g/mol. The Balaban J connectivity index is 1.76. The van der Waals surface area contributed by atoms with Crippen molar-refractivity contribution < 1.29 is 4.42 Å². The average Bonchev–Trinajstić information content (AvgIpc) is 3.04. The van der Waals surface area contributed by atoms with Crippen LogP contribution in [0.25, 0.3) is 11.1 Å². The van der Waals surface area contributed by atoms with Crippen molar-refractivity contribution in [2.75, 3.05) is 11.4 Å². The van der Waals surface area contributed by atoms with Gasteiger partial charge in [0.05, 0.1) is 5.52 Å². The first-order chi connectivity index (χ1) is 9.74. The second-order valence-corrected chi connectivity index (χ2v) is 6.17. The topological polar surface area (TPSA) is 38.4 Å². The Morgan fingerprint density at radius 2 is 2.05 bits per heavy atom. The number of benzene rings is 1. The number of fused-ring (bicyclic) bond motifs is 2. The molecule has 2 atom stereocenters. The van der Waals surface area contributed by atoms with Gasteiger partial charge < -0.3 is 9.32 Å². The lowest BCUT2D eigenvalue weighted by Crippen LogP contribution is -2.42. The first-order valence-electron chi connectivity index (χ1n) is 7.60. The summed E-state index contributed by atoms with van der Waals surface area (Å²) in [5, 5.41) is 0. The zero-order valence-electron chi connectivity index (χ0n) is 11.8. The van der Waals surface area contributed by atoms with Crippen molar-refractivity contribution in [3.63, 3.8) is 0 Å². The highest BCUT2D eigenvalue weighted by molar-refractivity contribution is 5.78. The van der Waals surface area contributed by atoms with E-state index in [2.05, 4.69) is 11.0 Å². The summed E-state index contributed by atoms with van der Waals surface area (Å²) in [7, 11) is 1.75. The highest BCUT2D eigenvalue weighted by atomic mass is 16.4. The van der Waals surface area contributed by atoms with Crippen molar-refractivity contribution in [2.45, 2.75) is 38.1 Å². The Labute approximate surface area is 118 Å². The Morgan fingerprint density at radius 3 is 2.95 bits per heavy atom. The third kappa shape index (κ3) is 1.70. The second kappa shape index (κ2) is 4.40.